The number of amides is 1. The lowest BCUT2D eigenvalue weighted by atomic mass is 10.3. The van der Waals surface area contributed by atoms with Crippen molar-refractivity contribution in [3.8, 4) is 0 Å². The Balaban J connectivity index is 0.00000101. The number of alkyl halides is 3. The van der Waals surface area contributed by atoms with Crippen molar-refractivity contribution in [1.29, 1.82) is 5.41 Å². The molecule has 2 aromatic rings. The quantitative estimate of drug-likeness (QED) is 0.0712. The van der Waals surface area contributed by atoms with Gasteiger partial charge in [0.15, 0.2) is 0 Å². The van der Waals surface area contributed by atoms with Gasteiger partial charge in [0, 0.05) is 18.3 Å². The molecule has 21 heteroatoms. The number of aliphatic carboxylic acids is 1. The van der Waals surface area contributed by atoms with Crippen LogP contribution in [0.3, 0.4) is 0 Å². The Morgan fingerprint density at radius 3 is 2.40 bits per heavy atom. The Morgan fingerprint density at radius 1 is 1.27 bits per heavy atom. The Kier molecular flexibility index (Phi) is 11.8. The number of pyridine rings is 1. The lowest BCUT2D eigenvalue weighted by Gasteiger charge is -2.14. The SMILES string of the molecule is Cc1ccc(NS(=O)(=O)c2ccc(Cl)c([N+](=O)[O-])c2)c(=O)n1CC(=O)NCCONC(=N)N.O=C(O)C(F)(F)F. The molecule has 220 valence electrons. The highest BCUT2D eigenvalue weighted by molar-refractivity contribution is 7.92. The average Bonchev–Trinajstić information content (AvgIpc) is 2.83. The van der Waals surface area contributed by atoms with Gasteiger partial charge in [-0.3, -0.25) is 34.7 Å². The number of carbonyl (C=O) groups excluding carboxylic acids is 1. The number of halogens is 4. The Labute approximate surface area is 227 Å². The molecule has 40 heavy (non-hydrogen) atoms. The molecule has 0 radical (unpaired) electrons. The molecule has 16 nitrogen and oxygen atoms in total. The number of carboxylic acid groups (broad SMARTS) is 1. The first-order valence-electron chi connectivity index (χ1n) is 10.3. The van der Waals surface area contributed by atoms with Gasteiger partial charge in [-0.05, 0) is 31.2 Å². The van der Waals surface area contributed by atoms with Crippen LogP contribution in [0.1, 0.15) is 5.69 Å². The summed E-state index contributed by atoms with van der Waals surface area (Å²) in [5, 5.41) is 27.3. The first-order chi connectivity index (χ1) is 18.4. The van der Waals surface area contributed by atoms with E-state index in [1.54, 1.807) is 6.92 Å². The van der Waals surface area contributed by atoms with E-state index in [0.717, 1.165) is 22.8 Å². The van der Waals surface area contributed by atoms with Crippen LogP contribution in [0.25, 0.3) is 0 Å². The van der Waals surface area contributed by atoms with Crippen molar-refractivity contribution in [1.82, 2.24) is 15.4 Å². The van der Waals surface area contributed by atoms with E-state index in [2.05, 4.69) is 15.5 Å². The third-order valence-corrected chi connectivity index (χ3v) is 6.00. The van der Waals surface area contributed by atoms with Crippen LogP contribution in [0.4, 0.5) is 24.5 Å². The number of guanidine groups is 1. The maximum atomic E-state index is 12.8. The molecule has 0 aliphatic rings. The largest absolute Gasteiger partial charge is 0.490 e. The minimum absolute atomic E-state index is 0.00767. The van der Waals surface area contributed by atoms with E-state index in [1.165, 1.54) is 12.1 Å². The first-order valence-corrected chi connectivity index (χ1v) is 12.2. The maximum Gasteiger partial charge on any atom is 0.490 e. The Hall–Kier alpha value is -4.43. The summed E-state index contributed by atoms with van der Waals surface area (Å²) in [5.41, 5.74) is 5.73. The number of carboxylic acids is 1. The zero-order valence-electron chi connectivity index (χ0n) is 20.1. The number of nitro groups is 1. The molecule has 0 saturated heterocycles. The summed E-state index contributed by atoms with van der Waals surface area (Å²) in [6.07, 6.45) is -5.08. The number of hydrogen-bond acceptors (Lipinski definition) is 9. The molecule has 0 fully saturated rings. The normalized spacial score (nSPS) is 11.0. The third-order valence-electron chi connectivity index (χ3n) is 4.31. The number of hydrogen-bond donors (Lipinski definition) is 6. The summed E-state index contributed by atoms with van der Waals surface area (Å²) in [6, 6.07) is 5.53. The first kappa shape index (κ1) is 33.6. The van der Waals surface area contributed by atoms with Crippen molar-refractivity contribution in [3.05, 3.63) is 61.5 Å². The number of rotatable bonds is 10. The fourth-order valence-electron chi connectivity index (χ4n) is 2.52. The number of nitrogens with one attached hydrogen (secondary N) is 4. The fourth-order valence-corrected chi connectivity index (χ4v) is 3.78. The molecule has 7 N–H and O–H groups in total. The van der Waals surface area contributed by atoms with Crippen LogP contribution >= 0.6 is 11.6 Å². The molecular weight excluding hydrogens is 595 g/mol. The molecule has 0 atom stereocenters. The Morgan fingerprint density at radius 2 is 1.88 bits per heavy atom. The summed E-state index contributed by atoms with van der Waals surface area (Å²) in [5.74, 6) is -3.72. The van der Waals surface area contributed by atoms with Crippen LogP contribution in [-0.2, 0) is 31.0 Å². The number of sulfonamides is 1. The van der Waals surface area contributed by atoms with E-state index in [4.69, 9.17) is 37.5 Å². The molecule has 1 aromatic carbocycles. The lowest BCUT2D eigenvalue weighted by molar-refractivity contribution is -0.384. The molecule has 0 aliphatic carbocycles. The highest BCUT2D eigenvalue weighted by atomic mass is 35.5. The second-order valence-corrected chi connectivity index (χ2v) is 9.36. The highest BCUT2D eigenvalue weighted by Crippen LogP contribution is 2.27. The summed E-state index contributed by atoms with van der Waals surface area (Å²) >= 11 is 5.71. The van der Waals surface area contributed by atoms with E-state index in [0.29, 0.717) is 5.69 Å². The van der Waals surface area contributed by atoms with Crippen LogP contribution in [0.15, 0.2) is 40.0 Å². The number of hydroxylamine groups is 1. The van der Waals surface area contributed by atoms with Crippen LogP contribution in [0, 0.1) is 22.4 Å². The van der Waals surface area contributed by atoms with Crippen LogP contribution in [0.5, 0.6) is 0 Å². The van der Waals surface area contributed by atoms with Crippen molar-refractivity contribution >= 4 is 50.8 Å². The minimum Gasteiger partial charge on any atom is -0.475 e. The average molecular weight is 616 g/mol. The number of benzene rings is 1. The number of nitrogens with zero attached hydrogens (tertiary/aromatic N) is 2. The number of aryl methyl sites for hydroxylation is 1. The van der Waals surface area contributed by atoms with E-state index in [1.807, 2.05) is 0 Å². The van der Waals surface area contributed by atoms with Crippen LogP contribution in [-0.4, -0.2) is 60.2 Å². The number of anilines is 1. The van der Waals surface area contributed by atoms with E-state index >= 15 is 0 Å². The topological polar surface area (TPSA) is 249 Å². The second kappa shape index (κ2) is 14.1. The van der Waals surface area contributed by atoms with Gasteiger partial charge in [-0.2, -0.15) is 13.2 Å². The van der Waals surface area contributed by atoms with E-state index in [9.17, 15) is 41.3 Å². The Bertz CT molecular complexity index is 1450. The molecule has 0 bridgehead atoms. The molecule has 0 unspecified atom stereocenters. The molecule has 1 aromatic heterocycles. The van der Waals surface area contributed by atoms with Gasteiger partial charge in [0.2, 0.25) is 11.9 Å². The molecule has 0 spiro atoms. The van der Waals surface area contributed by atoms with Gasteiger partial charge < -0.3 is 20.7 Å². The van der Waals surface area contributed by atoms with Crippen molar-refractivity contribution in [2.75, 3.05) is 17.9 Å². The van der Waals surface area contributed by atoms with Crippen molar-refractivity contribution in [2.45, 2.75) is 24.5 Å². The van der Waals surface area contributed by atoms with Gasteiger partial charge in [0.25, 0.3) is 21.3 Å². The minimum atomic E-state index is -5.08. The van der Waals surface area contributed by atoms with Crippen molar-refractivity contribution < 1.29 is 46.0 Å². The van der Waals surface area contributed by atoms with Crippen LogP contribution < -0.4 is 26.8 Å². The smallest absolute Gasteiger partial charge is 0.475 e. The number of nitrogens with two attached hydrogens (primary N) is 1. The van der Waals surface area contributed by atoms with Crippen molar-refractivity contribution in [2.24, 2.45) is 5.73 Å². The predicted octanol–water partition coefficient (Wildman–Crippen LogP) is 0.683. The van der Waals surface area contributed by atoms with Crippen LogP contribution in [0.2, 0.25) is 5.02 Å². The van der Waals surface area contributed by atoms with Gasteiger partial charge in [-0.15, -0.1) is 0 Å². The lowest BCUT2D eigenvalue weighted by Crippen LogP contribution is -2.37. The van der Waals surface area contributed by atoms with E-state index in [-0.39, 0.29) is 23.9 Å². The van der Waals surface area contributed by atoms with Gasteiger partial charge in [-0.1, -0.05) is 11.6 Å². The molecule has 1 heterocycles. The molecule has 1 amide bonds. The summed E-state index contributed by atoms with van der Waals surface area (Å²) in [7, 11) is -4.37. The second-order valence-electron chi connectivity index (χ2n) is 7.27. The molecule has 0 aliphatic heterocycles. The van der Waals surface area contributed by atoms with Gasteiger partial charge in [0.05, 0.1) is 16.4 Å². The summed E-state index contributed by atoms with van der Waals surface area (Å²) in [4.78, 5) is 48.3. The van der Waals surface area contributed by atoms with E-state index < -0.39 is 61.6 Å². The molecular formula is C19H21ClF3N7O9S. The van der Waals surface area contributed by atoms with Gasteiger partial charge in [0.1, 0.15) is 17.3 Å². The maximum absolute atomic E-state index is 12.8. The number of nitro benzene ring substituents is 1. The molecule has 0 saturated carbocycles. The number of carbonyl (C=O) groups is 2. The summed E-state index contributed by atoms with van der Waals surface area (Å²) < 4.78 is 60.2. The van der Waals surface area contributed by atoms with Gasteiger partial charge >= 0.3 is 12.1 Å². The van der Waals surface area contributed by atoms with Crippen molar-refractivity contribution in [3.63, 3.8) is 0 Å². The fraction of sp³-hybridized carbons (Fsp3) is 0.263. The number of aromatic nitrogens is 1. The zero-order chi connectivity index (χ0) is 30.8. The third kappa shape index (κ3) is 10.4. The zero-order valence-corrected chi connectivity index (χ0v) is 21.7. The summed E-state index contributed by atoms with van der Waals surface area (Å²) in [6.45, 7) is 1.18. The standard InChI is InChI=1S/C17H20ClN7O7S.C2HF3O2/c1-10-2-5-13(16(27)24(10)9-15(26)21-6-7-32-22-17(19)20)23-33(30,31)11-3-4-12(18)14(8-11)25(28)29;3-2(4,5)1(6)7/h2-5,8,23H,6-7,9H2,1H3,(H,21,26)(H4,19,20,22);(H,6,7). The monoisotopic (exact) mass is 615 g/mol. The molecule has 2 rings (SSSR count). The predicted molar refractivity (Wildman–Crippen MR) is 132 cm³/mol. The van der Waals surface area contributed by atoms with Gasteiger partial charge in [-0.25, -0.2) is 18.7 Å². The highest BCUT2D eigenvalue weighted by Gasteiger charge is 2.38.